The van der Waals surface area contributed by atoms with Crippen molar-refractivity contribution in [3.8, 4) is 0 Å². The molecule has 1 amide bonds. The summed E-state index contributed by atoms with van der Waals surface area (Å²) in [5, 5.41) is 3.43. The first-order valence-corrected chi connectivity index (χ1v) is 8.61. The zero-order chi connectivity index (χ0) is 16.6. The Morgan fingerprint density at radius 2 is 1.85 bits per heavy atom. The van der Waals surface area contributed by atoms with Crippen LogP contribution in [0, 0.1) is 0 Å². The molecular weight excluding hydrogens is 373 g/mol. The van der Waals surface area contributed by atoms with Crippen LogP contribution in [0.15, 0.2) is 30.6 Å². The first-order valence-electron chi connectivity index (χ1n) is 8.61. The maximum absolute atomic E-state index is 13.2. The normalized spacial score (nSPS) is 19.7. The van der Waals surface area contributed by atoms with Crippen molar-refractivity contribution in [3.05, 3.63) is 36.2 Å². The van der Waals surface area contributed by atoms with E-state index >= 15 is 0 Å². The van der Waals surface area contributed by atoms with Crippen molar-refractivity contribution in [2.24, 2.45) is 0 Å². The number of piperidine rings is 1. The lowest BCUT2D eigenvalue weighted by Crippen LogP contribution is -2.64. The molecule has 2 saturated heterocycles. The predicted octanol–water partition coefficient (Wildman–Crippen LogP) is 1.98. The third-order valence-electron chi connectivity index (χ3n) is 5.55. The van der Waals surface area contributed by atoms with Gasteiger partial charge < -0.3 is 10.2 Å². The number of benzene rings is 1. The average Bonchev–Trinajstić information content (AvgIpc) is 2.64. The lowest BCUT2D eigenvalue weighted by molar-refractivity contribution is -0.000901. The van der Waals surface area contributed by atoms with Gasteiger partial charge in [-0.25, -0.2) is 0 Å². The van der Waals surface area contributed by atoms with Crippen molar-refractivity contribution in [2.45, 2.75) is 18.4 Å². The highest BCUT2D eigenvalue weighted by Crippen LogP contribution is 2.30. The van der Waals surface area contributed by atoms with Crippen molar-refractivity contribution in [2.75, 3.05) is 39.8 Å². The summed E-state index contributed by atoms with van der Waals surface area (Å²) in [5.74, 6) is 0.0760. The summed E-state index contributed by atoms with van der Waals surface area (Å²) in [6.45, 7) is 4.52. The fourth-order valence-electron chi connectivity index (χ4n) is 4.00. The number of hydrogen-bond donors (Lipinski definition) is 1. The van der Waals surface area contributed by atoms with E-state index in [1.165, 1.54) is 0 Å². The zero-order valence-electron chi connectivity index (χ0n) is 14.9. The van der Waals surface area contributed by atoms with Crippen LogP contribution in [0.2, 0.25) is 0 Å². The van der Waals surface area contributed by atoms with Gasteiger partial charge in [-0.2, -0.15) is 0 Å². The number of rotatable bonds is 1. The number of nitrogens with zero attached hydrogens (tertiary/aromatic N) is 4. The molecule has 1 N–H and O–H groups in total. The minimum Gasteiger partial charge on any atom is -0.335 e. The topological polar surface area (TPSA) is 61.4 Å². The molecule has 2 fully saturated rings. The summed E-state index contributed by atoms with van der Waals surface area (Å²) in [6.07, 6.45) is 5.49. The van der Waals surface area contributed by atoms with Crippen LogP contribution >= 0.6 is 24.8 Å². The molecule has 2 aliphatic rings. The number of piperazine rings is 1. The number of para-hydroxylation sites is 1. The molecule has 142 valence electrons. The first kappa shape index (κ1) is 20.8. The summed E-state index contributed by atoms with van der Waals surface area (Å²) < 4.78 is 0. The molecule has 0 radical (unpaired) electrons. The second-order valence-corrected chi connectivity index (χ2v) is 6.85. The van der Waals surface area contributed by atoms with Gasteiger partial charge in [0.1, 0.15) is 5.52 Å². The van der Waals surface area contributed by atoms with Crippen LogP contribution in [0.3, 0.4) is 0 Å². The van der Waals surface area contributed by atoms with Crippen molar-refractivity contribution in [1.29, 1.82) is 0 Å². The van der Waals surface area contributed by atoms with E-state index in [1.54, 1.807) is 12.4 Å². The van der Waals surface area contributed by atoms with Crippen molar-refractivity contribution < 1.29 is 4.79 Å². The molecule has 0 unspecified atom stereocenters. The Kier molecular flexibility index (Phi) is 6.80. The number of carbonyl (C=O) groups excluding carboxylic acids is 1. The predicted molar refractivity (Wildman–Crippen MR) is 107 cm³/mol. The lowest BCUT2D eigenvalue weighted by Gasteiger charge is -2.51. The van der Waals surface area contributed by atoms with Gasteiger partial charge in [0.25, 0.3) is 5.91 Å². The van der Waals surface area contributed by atoms with Crippen LogP contribution in [-0.2, 0) is 0 Å². The quantitative estimate of drug-likeness (QED) is 0.796. The monoisotopic (exact) mass is 397 g/mol. The summed E-state index contributed by atoms with van der Waals surface area (Å²) in [6, 6.07) is 5.66. The Hall–Kier alpha value is -1.47. The highest BCUT2D eigenvalue weighted by atomic mass is 35.5. The van der Waals surface area contributed by atoms with Crippen LogP contribution in [-0.4, -0.2) is 71.0 Å². The van der Waals surface area contributed by atoms with E-state index in [9.17, 15) is 4.79 Å². The molecule has 4 rings (SSSR count). The van der Waals surface area contributed by atoms with Gasteiger partial charge in [-0.1, -0.05) is 6.07 Å². The van der Waals surface area contributed by atoms with Crippen LogP contribution < -0.4 is 5.32 Å². The van der Waals surface area contributed by atoms with E-state index in [2.05, 4.69) is 27.2 Å². The molecule has 1 aromatic heterocycles. The van der Waals surface area contributed by atoms with Crippen LogP contribution in [0.4, 0.5) is 0 Å². The molecule has 6 nitrogen and oxygen atoms in total. The van der Waals surface area contributed by atoms with Crippen molar-refractivity contribution in [1.82, 2.24) is 25.1 Å². The highest BCUT2D eigenvalue weighted by Gasteiger charge is 2.42. The van der Waals surface area contributed by atoms with Gasteiger partial charge in [0, 0.05) is 37.6 Å². The van der Waals surface area contributed by atoms with Gasteiger partial charge in [-0.3, -0.25) is 19.7 Å². The van der Waals surface area contributed by atoms with Gasteiger partial charge in [0.15, 0.2) is 0 Å². The second kappa shape index (κ2) is 8.48. The van der Waals surface area contributed by atoms with Gasteiger partial charge in [0.2, 0.25) is 0 Å². The average molecular weight is 398 g/mol. The standard InChI is InChI=1S/C18H23N5O.2ClH/c1-22-11-12-23(13-18(22)5-7-19-8-6-18)17(24)14-3-2-4-15-16(14)21-10-9-20-15;;/h2-4,9-10,19H,5-8,11-13H2,1H3;2*1H. The Morgan fingerprint density at radius 1 is 1.12 bits per heavy atom. The fourth-order valence-corrected chi connectivity index (χ4v) is 4.00. The second-order valence-electron chi connectivity index (χ2n) is 6.85. The molecule has 1 spiro atoms. The number of nitrogens with one attached hydrogen (secondary N) is 1. The summed E-state index contributed by atoms with van der Waals surface area (Å²) in [7, 11) is 2.19. The maximum Gasteiger partial charge on any atom is 0.256 e. The lowest BCUT2D eigenvalue weighted by atomic mass is 9.84. The smallest absolute Gasteiger partial charge is 0.256 e. The largest absolute Gasteiger partial charge is 0.335 e. The number of hydrogen-bond acceptors (Lipinski definition) is 5. The first-order chi connectivity index (χ1) is 11.7. The number of likely N-dealkylation sites (N-methyl/N-ethyl adjacent to an activating group) is 1. The molecule has 8 heteroatoms. The van der Waals surface area contributed by atoms with E-state index in [-0.39, 0.29) is 36.3 Å². The van der Waals surface area contributed by atoms with E-state index in [4.69, 9.17) is 0 Å². The van der Waals surface area contributed by atoms with Gasteiger partial charge >= 0.3 is 0 Å². The molecule has 0 atom stereocenters. The number of aromatic nitrogens is 2. The van der Waals surface area contributed by atoms with Gasteiger partial charge in [-0.05, 0) is 45.1 Å². The van der Waals surface area contributed by atoms with Crippen molar-refractivity contribution >= 4 is 41.8 Å². The minimum atomic E-state index is 0. The molecule has 0 bridgehead atoms. The maximum atomic E-state index is 13.2. The molecule has 26 heavy (non-hydrogen) atoms. The SMILES string of the molecule is CN1CCN(C(=O)c2cccc3nccnc23)CC12CCNCC2.Cl.Cl. The van der Waals surface area contributed by atoms with Crippen LogP contribution in [0.1, 0.15) is 23.2 Å². The number of fused-ring (bicyclic) bond motifs is 1. The third-order valence-corrected chi connectivity index (χ3v) is 5.55. The number of amides is 1. The Labute approximate surface area is 166 Å². The van der Waals surface area contributed by atoms with E-state index in [0.717, 1.165) is 51.1 Å². The molecule has 2 aliphatic heterocycles. The Balaban J connectivity index is 0.00000121. The number of carbonyl (C=O) groups is 1. The molecular formula is C18H25Cl2N5O. The molecule has 3 heterocycles. The summed E-state index contributed by atoms with van der Waals surface area (Å²) in [4.78, 5) is 26.3. The summed E-state index contributed by atoms with van der Waals surface area (Å²) in [5.41, 5.74) is 2.24. The molecule has 2 aromatic rings. The van der Waals surface area contributed by atoms with Crippen LogP contribution in [0.25, 0.3) is 11.0 Å². The Morgan fingerprint density at radius 3 is 2.62 bits per heavy atom. The van der Waals surface area contributed by atoms with E-state index < -0.39 is 0 Å². The van der Waals surface area contributed by atoms with E-state index in [1.807, 2.05) is 23.1 Å². The Bertz CT molecular complexity index is 761. The van der Waals surface area contributed by atoms with Gasteiger partial charge in [0.05, 0.1) is 11.1 Å². The molecule has 0 saturated carbocycles. The van der Waals surface area contributed by atoms with Crippen molar-refractivity contribution in [3.63, 3.8) is 0 Å². The summed E-state index contributed by atoms with van der Waals surface area (Å²) >= 11 is 0. The minimum absolute atomic E-state index is 0. The molecule has 1 aromatic carbocycles. The fraction of sp³-hybridized carbons (Fsp3) is 0.500. The third kappa shape index (κ3) is 3.64. The van der Waals surface area contributed by atoms with Crippen LogP contribution in [0.5, 0.6) is 0 Å². The van der Waals surface area contributed by atoms with Gasteiger partial charge in [-0.15, -0.1) is 24.8 Å². The zero-order valence-corrected chi connectivity index (χ0v) is 16.5. The molecule has 0 aliphatic carbocycles. The number of halogens is 2. The highest BCUT2D eigenvalue weighted by molar-refractivity contribution is 6.04. The van der Waals surface area contributed by atoms with E-state index in [0.29, 0.717) is 11.1 Å².